The van der Waals surface area contributed by atoms with Crippen molar-refractivity contribution in [1.82, 2.24) is 14.8 Å². The summed E-state index contributed by atoms with van der Waals surface area (Å²) in [5.41, 5.74) is -1.90. The number of ether oxygens (including phenoxy) is 2. The molecular formula is C26H26ClF2N3O5. The number of benzene rings is 1. The van der Waals surface area contributed by atoms with E-state index in [1.165, 1.54) is 13.3 Å². The number of methoxy groups -OCH3 is 1. The highest BCUT2D eigenvalue weighted by atomic mass is 35.5. The second-order valence-electron chi connectivity index (χ2n) is 8.82. The van der Waals surface area contributed by atoms with Gasteiger partial charge in [0.2, 0.25) is 5.43 Å². The van der Waals surface area contributed by atoms with Crippen LogP contribution in [0.3, 0.4) is 0 Å². The molecule has 2 aromatic rings. The first-order valence-corrected chi connectivity index (χ1v) is 11.9. The van der Waals surface area contributed by atoms with E-state index in [1.54, 1.807) is 21.6 Å². The smallest absolute Gasteiger partial charge is 0.275 e. The first-order chi connectivity index (χ1) is 17.7. The molecule has 3 heterocycles. The highest BCUT2D eigenvalue weighted by molar-refractivity contribution is 6.30. The lowest BCUT2D eigenvalue weighted by atomic mass is 9.77. The van der Waals surface area contributed by atoms with Crippen molar-refractivity contribution in [3.8, 4) is 5.75 Å². The molecule has 0 spiro atoms. The van der Waals surface area contributed by atoms with Crippen LogP contribution in [0.25, 0.3) is 0 Å². The van der Waals surface area contributed by atoms with Crippen molar-refractivity contribution in [2.24, 2.45) is 0 Å². The molecule has 37 heavy (non-hydrogen) atoms. The molecule has 2 aliphatic heterocycles. The van der Waals surface area contributed by atoms with Crippen molar-refractivity contribution in [2.45, 2.75) is 31.0 Å². The predicted molar refractivity (Wildman–Crippen MR) is 133 cm³/mol. The number of nitrogens with zero attached hydrogens (tertiary/aromatic N) is 2. The van der Waals surface area contributed by atoms with Crippen molar-refractivity contribution in [1.29, 1.82) is 0 Å². The number of pyridine rings is 1. The van der Waals surface area contributed by atoms with Gasteiger partial charge < -0.3 is 24.3 Å². The van der Waals surface area contributed by atoms with E-state index in [2.05, 4.69) is 18.5 Å². The van der Waals surface area contributed by atoms with E-state index in [-0.39, 0.29) is 42.3 Å². The molecule has 0 saturated carbocycles. The number of hydrogen-bond acceptors (Lipinski definition) is 5. The Balaban J connectivity index is 1.80. The van der Waals surface area contributed by atoms with Crippen LogP contribution < -0.4 is 15.5 Å². The number of carbonyl (C=O) groups excluding carboxylic acids is 2. The van der Waals surface area contributed by atoms with Crippen LogP contribution in [0.15, 0.2) is 48.4 Å². The van der Waals surface area contributed by atoms with Crippen molar-refractivity contribution in [3.05, 3.63) is 87.3 Å². The van der Waals surface area contributed by atoms with Gasteiger partial charge in [0.15, 0.2) is 11.4 Å². The molecule has 1 aromatic carbocycles. The molecule has 196 valence electrons. The van der Waals surface area contributed by atoms with E-state index < -0.39 is 45.5 Å². The summed E-state index contributed by atoms with van der Waals surface area (Å²) >= 11 is 5.62. The number of nitrogens with one attached hydrogen (secondary N) is 1. The van der Waals surface area contributed by atoms with Crippen LogP contribution in [-0.4, -0.2) is 53.7 Å². The van der Waals surface area contributed by atoms with Gasteiger partial charge in [0.05, 0.1) is 25.3 Å². The van der Waals surface area contributed by atoms with Crippen LogP contribution in [0.5, 0.6) is 5.75 Å². The summed E-state index contributed by atoms with van der Waals surface area (Å²) in [6, 6.07) is 1.67. The first-order valence-electron chi connectivity index (χ1n) is 11.6. The molecule has 0 radical (unpaired) electrons. The molecule has 1 N–H and O–H groups in total. The largest absolute Gasteiger partial charge is 0.491 e. The molecule has 0 aliphatic carbocycles. The van der Waals surface area contributed by atoms with Crippen LogP contribution in [0.4, 0.5) is 8.78 Å². The van der Waals surface area contributed by atoms with Crippen molar-refractivity contribution in [2.75, 3.05) is 26.9 Å². The first kappa shape index (κ1) is 26.6. The minimum Gasteiger partial charge on any atom is -0.491 e. The van der Waals surface area contributed by atoms with Gasteiger partial charge in [0.25, 0.3) is 11.8 Å². The second-order valence-corrected chi connectivity index (χ2v) is 9.20. The molecule has 1 fully saturated rings. The van der Waals surface area contributed by atoms with Crippen molar-refractivity contribution < 1.29 is 27.8 Å². The Morgan fingerprint density at radius 3 is 2.76 bits per heavy atom. The zero-order valence-electron chi connectivity index (χ0n) is 20.2. The fourth-order valence-electron chi connectivity index (χ4n) is 5.13. The quantitative estimate of drug-likeness (QED) is 0.413. The highest BCUT2D eigenvalue weighted by Crippen LogP contribution is 2.45. The minimum absolute atomic E-state index is 0.00236. The molecular weight excluding hydrogens is 508 g/mol. The summed E-state index contributed by atoms with van der Waals surface area (Å²) in [4.78, 5) is 41.8. The SMILES string of the molecule is C=CCN1C(=O)c2c(OC)c(=O)c(C(=O)NCc3ccc(F)c(Cl)c3F)cn2[C@H]2COCC[C@]21CC=C. The van der Waals surface area contributed by atoms with Gasteiger partial charge in [-0.25, -0.2) is 8.78 Å². The monoisotopic (exact) mass is 533 g/mol. The normalized spacial score (nSPS) is 20.6. The Labute approximate surface area is 217 Å². The molecule has 2 atom stereocenters. The maximum absolute atomic E-state index is 14.3. The van der Waals surface area contributed by atoms with Gasteiger partial charge in [-0.3, -0.25) is 14.4 Å². The Kier molecular flexibility index (Phi) is 7.52. The standard InChI is InChI=1S/C26H26ClF2N3O5/c1-4-8-26-9-11-37-14-18(26)31-13-16(22(33)23(36-3)21(31)25(35)32(26)10-5-2)24(34)30-12-15-6-7-17(28)19(27)20(15)29/h4-7,13,18H,1-2,8-12,14H2,3H3,(H,30,34)/t18-,26+/m0/s1. The summed E-state index contributed by atoms with van der Waals surface area (Å²) < 4.78 is 40.4. The number of amides is 2. The van der Waals surface area contributed by atoms with Crippen LogP contribution in [0, 0.1) is 11.6 Å². The van der Waals surface area contributed by atoms with Crippen molar-refractivity contribution >= 4 is 23.4 Å². The van der Waals surface area contributed by atoms with Gasteiger partial charge in [-0.1, -0.05) is 29.8 Å². The maximum atomic E-state index is 14.3. The van der Waals surface area contributed by atoms with Crippen LogP contribution >= 0.6 is 11.6 Å². The summed E-state index contributed by atoms with van der Waals surface area (Å²) in [5.74, 6) is -3.50. The van der Waals surface area contributed by atoms with Gasteiger partial charge in [-0.15, -0.1) is 13.2 Å². The lowest BCUT2D eigenvalue weighted by molar-refractivity contribution is -0.0646. The Hall–Kier alpha value is -3.50. The average molecular weight is 534 g/mol. The third-order valence-electron chi connectivity index (χ3n) is 6.90. The number of carbonyl (C=O) groups is 2. The van der Waals surface area contributed by atoms with Crippen LogP contribution in [-0.2, 0) is 11.3 Å². The molecule has 2 aliphatic rings. The Morgan fingerprint density at radius 2 is 2.08 bits per heavy atom. The third kappa shape index (κ3) is 4.34. The number of fused-ring (bicyclic) bond motifs is 3. The van der Waals surface area contributed by atoms with Gasteiger partial charge in [0, 0.05) is 31.5 Å². The van der Waals surface area contributed by atoms with E-state index in [0.29, 0.717) is 19.4 Å². The topological polar surface area (TPSA) is 89.9 Å². The van der Waals surface area contributed by atoms with Gasteiger partial charge in [0.1, 0.15) is 22.2 Å². The van der Waals surface area contributed by atoms with E-state index in [4.69, 9.17) is 21.1 Å². The molecule has 11 heteroatoms. The Morgan fingerprint density at radius 1 is 1.32 bits per heavy atom. The average Bonchev–Trinajstić information content (AvgIpc) is 2.89. The van der Waals surface area contributed by atoms with Crippen LogP contribution in [0.1, 0.15) is 45.3 Å². The van der Waals surface area contributed by atoms with E-state index in [9.17, 15) is 23.2 Å². The predicted octanol–water partition coefficient (Wildman–Crippen LogP) is 3.64. The second kappa shape index (κ2) is 10.5. The van der Waals surface area contributed by atoms with E-state index in [1.807, 2.05) is 0 Å². The number of halogens is 3. The Bertz CT molecular complexity index is 1340. The maximum Gasteiger partial charge on any atom is 0.275 e. The number of hydrogen-bond donors (Lipinski definition) is 1. The third-order valence-corrected chi connectivity index (χ3v) is 7.25. The molecule has 0 unspecified atom stereocenters. The van der Waals surface area contributed by atoms with Crippen LogP contribution in [0.2, 0.25) is 5.02 Å². The van der Waals surface area contributed by atoms with E-state index in [0.717, 1.165) is 12.1 Å². The minimum atomic E-state index is -1.01. The highest BCUT2D eigenvalue weighted by Gasteiger charge is 2.53. The molecule has 2 amide bonds. The number of rotatable bonds is 8. The molecule has 0 bridgehead atoms. The zero-order chi connectivity index (χ0) is 26.9. The summed E-state index contributed by atoms with van der Waals surface area (Å²) in [7, 11) is 1.24. The van der Waals surface area contributed by atoms with Crippen molar-refractivity contribution in [3.63, 3.8) is 0 Å². The molecule has 8 nitrogen and oxygen atoms in total. The van der Waals surface area contributed by atoms with Gasteiger partial charge in [-0.2, -0.15) is 0 Å². The summed E-state index contributed by atoms with van der Waals surface area (Å²) in [5, 5.41) is 1.77. The van der Waals surface area contributed by atoms with Gasteiger partial charge >= 0.3 is 0 Å². The zero-order valence-corrected chi connectivity index (χ0v) is 20.9. The molecule has 1 aromatic heterocycles. The molecule has 1 saturated heterocycles. The summed E-state index contributed by atoms with van der Waals surface area (Å²) in [6.07, 6.45) is 5.59. The lowest BCUT2D eigenvalue weighted by Crippen LogP contribution is -2.64. The fourth-order valence-corrected chi connectivity index (χ4v) is 5.31. The van der Waals surface area contributed by atoms with Gasteiger partial charge in [-0.05, 0) is 18.9 Å². The summed E-state index contributed by atoms with van der Waals surface area (Å²) in [6.45, 7) is 8.15. The molecule has 4 rings (SSSR count). The number of aromatic nitrogens is 1. The fraction of sp³-hybridized carbons (Fsp3) is 0.346. The van der Waals surface area contributed by atoms with E-state index >= 15 is 0 Å². The lowest BCUT2D eigenvalue weighted by Gasteiger charge is -2.54.